The van der Waals surface area contributed by atoms with E-state index < -0.39 is 6.03 Å². The minimum absolute atomic E-state index is 0.544. The van der Waals surface area contributed by atoms with Crippen LogP contribution in [0, 0.1) is 5.92 Å². The van der Waals surface area contributed by atoms with Crippen LogP contribution in [0.4, 0.5) is 16.2 Å². The quantitative estimate of drug-likeness (QED) is 0.708. The smallest absolute Gasteiger partial charge is 0.316 e. The molecule has 0 aliphatic heterocycles. The maximum atomic E-state index is 10.6. The molecule has 0 aliphatic rings. The fourth-order valence-electron chi connectivity index (χ4n) is 1.14. The third-order valence-electron chi connectivity index (χ3n) is 1.87. The number of amides is 2. The van der Waals surface area contributed by atoms with E-state index in [1.807, 2.05) is 24.3 Å². The average Bonchev–Trinajstić information content (AvgIpc) is 2.16. The molecule has 2 amide bonds. The molecule has 1 aromatic carbocycles. The highest BCUT2D eigenvalue weighted by molar-refractivity contribution is 5.87. The summed E-state index contributed by atoms with van der Waals surface area (Å²) in [5.74, 6) is 0.605. The van der Waals surface area contributed by atoms with E-state index in [4.69, 9.17) is 5.73 Å². The molecule has 0 saturated carbocycles. The SMILES string of the molecule is CC(C)CNc1ccc(NC(N)=O)cc1. The Balaban J connectivity index is 2.52. The van der Waals surface area contributed by atoms with Crippen LogP contribution >= 0.6 is 0 Å². The lowest BCUT2D eigenvalue weighted by atomic mass is 10.2. The van der Waals surface area contributed by atoms with Crippen molar-refractivity contribution >= 4 is 17.4 Å². The van der Waals surface area contributed by atoms with Crippen molar-refractivity contribution in [2.75, 3.05) is 17.2 Å². The molecule has 0 heterocycles. The summed E-state index contributed by atoms with van der Waals surface area (Å²) in [5, 5.41) is 5.79. The lowest BCUT2D eigenvalue weighted by molar-refractivity contribution is 0.259. The van der Waals surface area contributed by atoms with Crippen LogP contribution in [0.25, 0.3) is 0 Å². The van der Waals surface area contributed by atoms with Crippen molar-refractivity contribution in [3.05, 3.63) is 24.3 Å². The first-order valence-electron chi connectivity index (χ1n) is 4.98. The van der Waals surface area contributed by atoms with Crippen molar-refractivity contribution in [1.29, 1.82) is 0 Å². The van der Waals surface area contributed by atoms with Crippen LogP contribution in [-0.4, -0.2) is 12.6 Å². The number of rotatable bonds is 4. The van der Waals surface area contributed by atoms with Gasteiger partial charge in [-0.15, -0.1) is 0 Å². The number of carbonyl (C=O) groups excluding carboxylic acids is 1. The second-order valence-corrected chi connectivity index (χ2v) is 3.84. The molecule has 4 nitrogen and oxygen atoms in total. The summed E-state index contributed by atoms with van der Waals surface area (Å²) in [4.78, 5) is 10.6. The van der Waals surface area contributed by atoms with Crippen molar-refractivity contribution in [3.8, 4) is 0 Å². The molecular weight excluding hydrogens is 190 g/mol. The Kier molecular flexibility index (Phi) is 3.97. The largest absolute Gasteiger partial charge is 0.385 e. The lowest BCUT2D eigenvalue weighted by Gasteiger charge is -2.09. The van der Waals surface area contributed by atoms with Gasteiger partial charge in [-0.05, 0) is 30.2 Å². The highest BCUT2D eigenvalue weighted by atomic mass is 16.2. The monoisotopic (exact) mass is 207 g/mol. The minimum Gasteiger partial charge on any atom is -0.385 e. The number of nitrogens with two attached hydrogens (primary N) is 1. The molecule has 15 heavy (non-hydrogen) atoms. The van der Waals surface area contributed by atoms with Crippen molar-refractivity contribution in [2.24, 2.45) is 11.7 Å². The Labute approximate surface area is 89.9 Å². The van der Waals surface area contributed by atoms with Gasteiger partial charge in [-0.1, -0.05) is 13.8 Å². The fourth-order valence-corrected chi connectivity index (χ4v) is 1.14. The average molecular weight is 207 g/mol. The summed E-state index contributed by atoms with van der Waals surface area (Å²) in [6.07, 6.45) is 0. The molecule has 0 aromatic heterocycles. The second kappa shape index (κ2) is 5.24. The molecular formula is C11H17N3O. The van der Waals surface area contributed by atoms with E-state index in [2.05, 4.69) is 24.5 Å². The standard InChI is InChI=1S/C11H17N3O/c1-8(2)7-13-9-3-5-10(6-4-9)14-11(12)15/h3-6,8,13H,7H2,1-2H3,(H3,12,14,15). The summed E-state index contributed by atoms with van der Waals surface area (Å²) in [6, 6.07) is 6.90. The number of carbonyl (C=O) groups is 1. The summed E-state index contributed by atoms with van der Waals surface area (Å²) in [5.41, 5.74) is 6.74. The molecule has 0 saturated heterocycles. The molecule has 0 unspecified atom stereocenters. The number of hydrogen-bond acceptors (Lipinski definition) is 2. The number of primary amides is 1. The highest BCUT2D eigenvalue weighted by Crippen LogP contribution is 2.13. The van der Waals surface area contributed by atoms with Gasteiger partial charge in [0.05, 0.1) is 0 Å². The van der Waals surface area contributed by atoms with Gasteiger partial charge < -0.3 is 16.4 Å². The van der Waals surface area contributed by atoms with Crippen LogP contribution in [0.1, 0.15) is 13.8 Å². The van der Waals surface area contributed by atoms with Gasteiger partial charge in [-0.3, -0.25) is 0 Å². The van der Waals surface area contributed by atoms with E-state index in [0.29, 0.717) is 11.6 Å². The molecule has 0 spiro atoms. The normalized spacial score (nSPS) is 10.1. The van der Waals surface area contributed by atoms with Gasteiger partial charge in [0.15, 0.2) is 0 Å². The van der Waals surface area contributed by atoms with Crippen molar-refractivity contribution in [2.45, 2.75) is 13.8 Å². The topological polar surface area (TPSA) is 67.2 Å². The fraction of sp³-hybridized carbons (Fsp3) is 0.364. The molecule has 1 rings (SSSR count). The lowest BCUT2D eigenvalue weighted by Crippen LogP contribution is -2.19. The predicted molar refractivity (Wildman–Crippen MR) is 63.0 cm³/mol. The minimum atomic E-state index is -0.544. The van der Waals surface area contributed by atoms with E-state index in [9.17, 15) is 4.79 Å². The Bertz CT molecular complexity index is 319. The van der Waals surface area contributed by atoms with Crippen LogP contribution < -0.4 is 16.4 Å². The third-order valence-corrected chi connectivity index (χ3v) is 1.87. The van der Waals surface area contributed by atoms with Crippen LogP contribution in [0.5, 0.6) is 0 Å². The first-order valence-corrected chi connectivity index (χ1v) is 4.98. The van der Waals surface area contributed by atoms with E-state index in [1.165, 1.54) is 0 Å². The maximum absolute atomic E-state index is 10.6. The number of anilines is 2. The third kappa shape index (κ3) is 4.35. The number of benzene rings is 1. The summed E-state index contributed by atoms with van der Waals surface area (Å²) >= 11 is 0. The Morgan fingerprint density at radius 3 is 2.27 bits per heavy atom. The zero-order valence-electron chi connectivity index (χ0n) is 9.08. The van der Waals surface area contributed by atoms with E-state index in [0.717, 1.165) is 12.2 Å². The zero-order valence-corrected chi connectivity index (χ0v) is 9.08. The molecule has 0 bridgehead atoms. The molecule has 82 valence electrons. The molecule has 0 atom stereocenters. The first kappa shape index (κ1) is 11.4. The van der Waals surface area contributed by atoms with Gasteiger partial charge in [0.2, 0.25) is 0 Å². The summed E-state index contributed by atoms with van der Waals surface area (Å²) in [7, 11) is 0. The van der Waals surface area contributed by atoms with Crippen LogP contribution in [0.2, 0.25) is 0 Å². The van der Waals surface area contributed by atoms with E-state index in [1.54, 1.807) is 0 Å². The number of urea groups is 1. The van der Waals surface area contributed by atoms with Gasteiger partial charge in [0, 0.05) is 17.9 Å². The first-order chi connectivity index (χ1) is 7.08. The van der Waals surface area contributed by atoms with Crippen molar-refractivity contribution in [3.63, 3.8) is 0 Å². The van der Waals surface area contributed by atoms with Gasteiger partial charge >= 0.3 is 6.03 Å². The van der Waals surface area contributed by atoms with Gasteiger partial charge in [0.1, 0.15) is 0 Å². The molecule has 0 aliphatic carbocycles. The molecule has 0 radical (unpaired) electrons. The highest BCUT2D eigenvalue weighted by Gasteiger charge is 1.97. The van der Waals surface area contributed by atoms with E-state index >= 15 is 0 Å². The maximum Gasteiger partial charge on any atom is 0.316 e. The Hall–Kier alpha value is -1.71. The van der Waals surface area contributed by atoms with Crippen LogP contribution in [0.15, 0.2) is 24.3 Å². The van der Waals surface area contributed by atoms with Gasteiger partial charge in [0.25, 0.3) is 0 Å². The molecule has 4 heteroatoms. The Morgan fingerprint density at radius 2 is 1.80 bits per heavy atom. The van der Waals surface area contributed by atoms with Crippen LogP contribution in [-0.2, 0) is 0 Å². The van der Waals surface area contributed by atoms with Gasteiger partial charge in [-0.2, -0.15) is 0 Å². The molecule has 4 N–H and O–H groups in total. The van der Waals surface area contributed by atoms with Gasteiger partial charge in [-0.25, -0.2) is 4.79 Å². The molecule has 1 aromatic rings. The Morgan fingerprint density at radius 1 is 1.27 bits per heavy atom. The van der Waals surface area contributed by atoms with Crippen LogP contribution in [0.3, 0.4) is 0 Å². The van der Waals surface area contributed by atoms with Crippen molar-refractivity contribution in [1.82, 2.24) is 0 Å². The van der Waals surface area contributed by atoms with E-state index in [-0.39, 0.29) is 0 Å². The van der Waals surface area contributed by atoms with Crippen molar-refractivity contribution < 1.29 is 4.79 Å². The predicted octanol–water partition coefficient (Wildman–Crippen LogP) is 2.25. The number of nitrogens with one attached hydrogen (secondary N) is 2. The summed E-state index contributed by atoms with van der Waals surface area (Å²) in [6.45, 7) is 5.23. The molecule has 0 fully saturated rings. The number of hydrogen-bond donors (Lipinski definition) is 3. The zero-order chi connectivity index (χ0) is 11.3. The summed E-state index contributed by atoms with van der Waals surface area (Å²) < 4.78 is 0. The second-order valence-electron chi connectivity index (χ2n) is 3.84.